The fourth-order valence-corrected chi connectivity index (χ4v) is 2.41. The van der Waals surface area contributed by atoms with Crippen molar-refractivity contribution >= 4 is 10.8 Å². The first-order chi connectivity index (χ1) is 8.86. The summed E-state index contributed by atoms with van der Waals surface area (Å²) in [5, 5.41) is 10.4. The predicted molar refractivity (Wildman–Crippen MR) is 73.1 cm³/mol. The molecule has 3 heteroatoms. The van der Waals surface area contributed by atoms with Crippen molar-refractivity contribution in [2.24, 2.45) is 0 Å². The number of nitrogens with zero attached hydrogens (tertiary/aromatic N) is 1. The zero-order valence-corrected chi connectivity index (χ0v) is 10.5. The molecule has 0 unspecified atom stereocenters. The molecule has 1 N–H and O–H groups in total. The van der Waals surface area contributed by atoms with Gasteiger partial charge in [0.05, 0.1) is 7.11 Å². The molecule has 0 saturated carbocycles. The highest BCUT2D eigenvalue weighted by Gasteiger charge is 2.15. The van der Waals surface area contributed by atoms with Crippen LogP contribution in [-0.2, 0) is 0 Å². The summed E-state index contributed by atoms with van der Waals surface area (Å²) in [6.07, 6.45) is 0. The number of hydrogen-bond acceptors (Lipinski definition) is 2. The molecule has 1 fully saturated rings. The number of hydrogen-bond donors (Lipinski definition) is 1. The van der Waals surface area contributed by atoms with Gasteiger partial charge >= 0.3 is 0 Å². The Balaban J connectivity index is 1.95. The lowest BCUT2D eigenvalue weighted by atomic mass is 10.0. The first-order valence-corrected chi connectivity index (χ1v) is 6.31. The Morgan fingerprint density at radius 1 is 1.17 bits per heavy atom. The number of ether oxygens (including phenoxy) is 1. The molecule has 1 heterocycles. The molecule has 18 heavy (non-hydrogen) atoms. The van der Waals surface area contributed by atoms with Crippen molar-refractivity contribution in [3.05, 3.63) is 42.0 Å². The van der Waals surface area contributed by atoms with E-state index in [1.165, 1.54) is 16.3 Å². The summed E-state index contributed by atoms with van der Waals surface area (Å²) in [7, 11) is 1.70. The Hall–Kier alpha value is -1.58. The third-order valence-electron chi connectivity index (χ3n) is 3.45. The minimum Gasteiger partial charge on any atom is -0.497 e. The molecule has 3 rings (SSSR count). The van der Waals surface area contributed by atoms with Crippen molar-refractivity contribution in [2.75, 3.05) is 26.7 Å². The smallest absolute Gasteiger partial charge is 0.119 e. The van der Waals surface area contributed by atoms with Gasteiger partial charge in [0.2, 0.25) is 0 Å². The molecule has 0 spiro atoms. The van der Waals surface area contributed by atoms with E-state index in [2.05, 4.69) is 41.0 Å². The largest absolute Gasteiger partial charge is 0.497 e. The lowest BCUT2D eigenvalue weighted by Crippen LogP contribution is -2.38. The van der Waals surface area contributed by atoms with Crippen LogP contribution < -0.4 is 15.4 Å². The molecule has 0 bridgehead atoms. The number of methoxy groups -OCH3 is 1. The fourth-order valence-electron chi connectivity index (χ4n) is 2.41. The second-order valence-corrected chi connectivity index (χ2v) is 4.61. The summed E-state index contributed by atoms with van der Waals surface area (Å²) in [6.45, 7) is 2.79. The van der Waals surface area contributed by atoms with Crippen LogP contribution in [0.15, 0.2) is 36.4 Å². The van der Waals surface area contributed by atoms with Crippen LogP contribution in [0.1, 0.15) is 11.6 Å². The van der Waals surface area contributed by atoms with Crippen molar-refractivity contribution in [2.45, 2.75) is 6.04 Å². The van der Waals surface area contributed by atoms with Crippen LogP contribution in [0.3, 0.4) is 0 Å². The van der Waals surface area contributed by atoms with E-state index in [1.54, 1.807) is 7.11 Å². The minimum absolute atomic E-state index is 0.366. The van der Waals surface area contributed by atoms with Gasteiger partial charge in [-0.15, -0.1) is 0 Å². The Labute approximate surface area is 107 Å². The molecular formula is C15H17N2O. The van der Waals surface area contributed by atoms with E-state index in [0.717, 1.165) is 25.4 Å². The first-order valence-electron chi connectivity index (χ1n) is 6.31. The van der Waals surface area contributed by atoms with E-state index in [4.69, 9.17) is 4.74 Å². The molecule has 1 saturated heterocycles. The van der Waals surface area contributed by atoms with Gasteiger partial charge in [0.25, 0.3) is 0 Å². The van der Waals surface area contributed by atoms with Crippen LogP contribution in [0, 0.1) is 0 Å². The number of benzene rings is 2. The molecule has 1 radical (unpaired) electrons. The van der Waals surface area contributed by atoms with E-state index < -0.39 is 0 Å². The predicted octanol–water partition coefficient (Wildman–Crippen LogP) is 2.10. The number of nitrogens with one attached hydrogen (secondary N) is 1. The van der Waals surface area contributed by atoms with Crippen LogP contribution >= 0.6 is 0 Å². The summed E-state index contributed by atoms with van der Waals surface area (Å²) < 4.78 is 5.24. The van der Waals surface area contributed by atoms with Crippen molar-refractivity contribution in [3.8, 4) is 5.75 Å². The van der Waals surface area contributed by atoms with Crippen LogP contribution in [0.25, 0.3) is 10.8 Å². The van der Waals surface area contributed by atoms with Crippen LogP contribution in [0.4, 0.5) is 0 Å². The molecule has 0 aliphatic carbocycles. The minimum atomic E-state index is 0.366. The van der Waals surface area contributed by atoms with E-state index in [-0.39, 0.29) is 0 Å². The second-order valence-electron chi connectivity index (χ2n) is 4.61. The standard InChI is InChI=1S/C15H17N2O/c1-18-14-5-4-11-8-13(3-2-12(11)9-14)15-10-16-6-7-17-15/h2-5,8-9,15,17H,6-7,10H2,1H3/t15-/m1/s1. The van der Waals surface area contributed by atoms with Crippen LogP contribution in [-0.4, -0.2) is 26.7 Å². The Kier molecular flexibility index (Phi) is 3.17. The third-order valence-corrected chi connectivity index (χ3v) is 3.45. The van der Waals surface area contributed by atoms with Gasteiger partial charge in [0.1, 0.15) is 5.75 Å². The Morgan fingerprint density at radius 2 is 2.00 bits per heavy atom. The van der Waals surface area contributed by atoms with E-state index in [1.807, 2.05) is 6.07 Å². The quantitative estimate of drug-likeness (QED) is 0.874. The van der Waals surface area contributed by atoms with Crippen molar-refractivity contribution in [1.29, 1.82) is 0 Å². The highest BCUT2D eigenvalue weighted by molar-refractivity contribution is 5.84. The molecule has 1 aliphatic heterocycles. The van der Waals surface area contributed by atoms with Gasteiger partial charge in [-0.2, -0.15) is 0 Å². The summed E-state index contributed by atoms with van der Waals surface area (Å²) in [4.78, 5) is 0. The molecule has 0 aromatic heterocycles. The lowest BCUT2D eigenvalue weighted by molar-refractivity contribution is 0.415. The Morgan fingerprint density at radius 3 is 2.78 bits per heavy atom. The van der Waals surface area contributed by atoms with Gasteiger partial charge in [-0.3, -0.25) is 0 Å². The van der Waals surface area contributed by atoms with Crippen LogP contribution in [0.5, 0.6) is 5.75 Å². The lowest BCUT2D eigenvalue weighted by Gasteiger charge is -2.24. The normalized spacial score (nSPS) is 19.9. The maximum absolute atomic E-state index is 5.24. The van der Waals surface area contributed by atoms with Crippen molar-refractivity contribution in [1.82, 2.24) is 10.6 Å². The van der Waals surface area contributed by atoms with E-state index >= 15 is 0 Å². The summed E-state index contributed by atoms with van der Waals surface area (Å²) >= 11 is 0. The maximum atomic E-state index is 5.24. The van der Waals surface area contributed by atoms with Gasteiger partial charge < -0.3 is 10.1 Å². The molecule has 93 valence electrons. The molecule has 2 aromatic rings. The zero-order chi connectivity index (χ0) is 12.4. The van der Waals surface area contributed by atoms with Crippen LogP contribution in [0.2, 0.25) is 0 Å². The van der Waals surface area contributed by atoms with Gasteiger partial charge in [0, 0.05) is 25.7 Å². The van der Waals surface area contributed by atoms with E-state index in [9.17, 15) is 0 Å². The molecule has 0 amide bonds. The number of rotatable bonds is 2. The zero-order valence-electron chi connectivity index (χ0n) is 10.5. The summed E-state index contributed by atoms with van der Waals surface area (Å²) in [5.41, 5.74) is 1.32. The Bertz CT molecular complexity index is 547. The van der Waals surface area contributed by atoms with Gasteiger partial charge in [0.15, 0.2) is 0 Å². The topological polar surface area (TPSA) is 35.4 Å². The fraction of sp³-hybridized carbons (Fsp3) is 0.333. The molecular weight excluding hydrogens is 224 g/mol. The van der Waals surface area contributed by atoms with Gasteiger partial charge in [-0.25, -0.2) is 5.32 Å². The highest BCUT2D eigenvalue weighted by Crippen LogP contribution is 2.24. The molecule has 1 aliphatic rings. The first kappa shape index (κ1) is 11.5. The van der Waals surface area contributed by atoms with Gasteiger partial charge in [-0.1, -0.05) is 18.2 Å². The average molecular weight is 241 g/mol. The average Bonchev–Trinajstić information content (AvgIpc) is 2.47. The number of piperazine rings is 1. The molecule has 3 nitrogen and oxygen atoms in total. The monoisotopic (exact) mass is 241 g/mol. The maximum Gasteiger partial charge on any atom is 0.119 e. The summed E-state index contributed by atoms with van der Waals surface area (Å²) in [5.74, 6) is 0.904. The molecule has 2 aromatic carbocycles. The number of fused-ring (bicyclic) bond motifs is 1. The SMILES string of the molecule is COc1ccc2cc([C@H]3C[N]CCN3)ccc2c1. The third kappa shape index (κ3) is 2.19. The van der Waals surface area contributed by atoms with Crippen molar-refractivity contribution in [3.63, 3.8) is 0 Å². The summed E-state index contributed by atoms with van der Waals surface area (Å²) in [6, 6.07) is 13.1. The molecule has 1 atom stereocenters. The highest BCUT2D eigenvalue weighted by atomic mass is 16.5. The van der Waals surface area contributed by atoms with Crippen molar-refractivity contribution < 1.29 is 4.74 Å². The van der Waals surface area contributed by atoms with E-state index in [0.29, 0.717) is 6.04 Å². The van der Waals surface area contributed by atoms with Gasteiger partial charge in [-0.05, 0) is 34.5 Å². The second kappa shape index (κ2) is 4.96.